The van der Waals surface area contributed by atoms with Crippen molar-refractivity contribution in [3.05, 3.63) is 0 Å². The summed E-state index contributed by atoms with van der Waals surface area (Å²) in [6.45, 7) is 3.35. The van der Waals surface area contributed by atoms with Gasteiger partial charge in [0, 0.05) is 12.3 Å². The molecule has 0 amide bonds. The van der Waals surface area contributed by atoms with E-state index >= 15 is 0 Å². The summed E-state index contributed by atoms with van der Waals surface area (Å²) in [6.07, 6.45) is -4.64. The Morgan fingerprint density at radius 1 is 1.36 bits per heavy atom. The first-order valence-electron chi connectivity index (χ1n) is 4.42. The van der Waals surface area contributed by atoms with Crippen LogP contribution in [0.2, 0.25) is 0 Å². The van der Waals surface area contributed by atoms with Gasteiger partial charge in [-0.05, 0) is 6.42 Å². The summed E-state index contributed by atoms with van der Waals surface area (Å²) in [5.74, 6) is -0.358. The molecule has 1 fully saturated rings. The Balaban J connectivity index is 2.43. The fourth-order valence-corrected chi connectivity index (χ4v) is 1.08. The molecule has 1 rings (SSSR count). The van der Waals surface area contributed by atoms with Crippen LogP contribution < -0.4 is 10.9 Å². The fraction of sp³-hybridized carbons (Fsp3) is 0.875. The molecule has 1 aliphatic heterocycles. The third-order valence-corrected chi connectivity index (χ3v) is 2.30. The van der Waals surface area contributed by atoms with Crippen molar-refractivity contribution in [1.82, 2.24) is 10.9 Å². The first-order chi connectivity index (χ1) is 6.28. The van der Waals surface area contributed by atoms with Gasteiger partial charge in [-0.1, -0.05) is 13.8 Å². The Kier molecular flexibility index (Phi) is 2.87. The Labute approximate surface area is 80.0 Å². The average molecular weight is 210 g/mol. The molecule has 1 heterocycles. The minimum atomic E-state index is -4.34. The van der Waals surface area contributed by atoms with Crippen LogP contribution in [0.4, 0.5) is 13.2 Å². The molecule has 0 spiro atoms. The van der Waals surface area contributed by atoms with E-state index in [1.165, 1.54) is 0 Å². The monoisotopic (exact) mass is 210 g/mol. The summed E-state index contributed by atoms with van der Waals surface area (Å²) >= 11 is 0. The van der Waals surface area contributed by atoms with Crippen LogP contribution in [0, 0.1) is 5.92 Å². The molecule has 0 bridgehead atoms. The lowest BCUT2D eigenvalue weighted by Crippen LogP contribution is -2.38. The van der Waals surface area contributed by atoms with Crippen LogP contribution in [0.25, 0.3) is 0 Å². The predicted molar refractivity (Wildman–Crippen MR) is 44.1 cm³/mol. The van der Waals surface area contributed by atoms with Gasteiger partial charge in [0.25, 0.3) is 0 Å². The van der Waals surface area contributed by atoms with Gasteiger partial charge in [0.1, 0.15) is 5.78 Å². The SMILES string of the molecule is CC(C)C(=O)CCC1(C(F)(F)F)NN1. The molecule has 0 radical (unpaired) electrons. The van der Waals surface area contributed by atoms with Crippen molar-refractivity contribution in [2.45, 2.75) is 38.5 Å². The second kappa shape index (κ2) is 3.51. The van der Waals surface area contributed by atoms with E-state index in [0.29, 0.717) is 0 Å². The van der Waals surface area contributed by atoms with Crippen LogP contribution in [0.5, 0.6) is 0 Å². The van der Waals surface area contributed by atoms with E-state index in [9.17, 15) is 18.0 Å². The van der Waals surface area contributed by atoms with Crippen LogP contribution in [-0.4, -0.2) is 17.6 Å². The molecule has 0 aromatic heterocycles. The number of hydrogen-bond acceptors (Lipinski definition) is 3. The first kappa shape index (κ1) is 11.5. The van der Waals surface area contributed by atoms with Crippen LogP contribution in [0.15, 0.2) is 0 Å². The largest absolute Gasteiger partial charge is 0.422 e. The second-order valence-electron chi connectivity index (χ2n) is 3.77. The zero-order chi connectivity index (χ0) is 11.0. The second-order valence-corrected chi connectivity index (χ2v) is 3.77. The Morgan fingerprint density at radius 2 is 1.86 bits per heavy atom. The molecule has 2 N–H and O–H groups in total. The molecule has 82 valence electrons. The lowest BCUT2D eigenvalue weighted by atomic mass is 10.00. The summed E-state index contributed by atoms with van der Waals surface area (Å²) in [5, 5.41) is 0. The highest BCUT2D eigenvalue weighted by Gasteiger charge is 2.63. The van der Waals surface area contributed by atoms with Crippen LogP contribution in [0.1, 0.15) is 26.7 Å². The quantitative estimate of drug-likeness (QED) is 0.688. The molecule has 0 unspecified atom stereocenters. The average Bonchev–Trinajstić information content (AvgIpc) is 2.78. The van der Waals surface area contributed by atoms with Crippen LogP contribution in [0.3, 0.4) is 0 Å². The summed E-state index contributed by atoms with van der Waals surface area (Å²) in [6, 6.07) is 0. The number of halogens is 3. The molecule has 0 aromatic rings. The zero-order valence-electron chi connectivity index (χ0n) is 8.03. The molecular formula is C8H13F3N2O. The van der Waals surface area contributed by atoms with Gasteiger partial charge in [-0.15, -0.1) is 0 Å². The van der Waals surface area contributed by atoms with Crippen molar-refractivity contribution in [2.75, 3.05) is 0 Å². The number of carbonyl (C=O) groups excluding carboxylic acids is 1. The topological polar surface area (TPSA) is 61.0 Å². The van der Waals surface area contributed by atoms with Gasteiger partial charge in [0.15, 0.2) is 5.66 Å². The van der Waals surface area contributed by atoms with Gasteiger partial charge in [0.2, 0.25) is 0 Å². The molecule has 3 nitrogen and oxygen atoms in total. The van der Waals surface area contributed by atoms with E-state index in [2.05, 4.69) is 10.9 Å². The third kappa shape index (κ3) is 2.24. The molecule has 1 aliphatic rings. The maximum absolute atomic E-state index is 12.3. The van der Waals surface area contributed by atoms with E-state index in [1.807, 2.05) is 0 Å². The van der Waals surface area contributed by atoms with Gasteiger partial charge in [0.05, 0.1) is 0 Å². The number of nitrogens with one attached hydrogen (secondary N) is 2. The van der Waals surface area contributed by atoms with Crippen molar-refractivity contribution < 1.29 is 18.0 Å². The lowest BCUT2D eigenvalue weighted by Gasteiger charge is -2.15. The van der Waals surface area contributed by atoms with Gasteiger partial charge >= 0.3 is 6.18 Å². The fourth-order valence-electron chi connectivity index (χ4n) is 1.08. The van der Waals surface area contributed by atoms with Gasteiger partial charge in [-0.3, -0.25) is 4.79 Å². The highest BCUT2D eigenvalue weighted by molar-refractivity contribution is 5.80. The van der Waals surface area contributed by atoms with E-state index < -0.39 is 11.8 Å². The molecule has 0 aromatic carbocycles. The van der Waals surface area contributed by atoms with Crippen molar-refractivity contribution in [2.24, 2.45) is 5.92 Å². The van der Waals surface area contributed by atoms with E-state index in [0.717, 1.165) is 0 Å². The normalized spacial score (nSPS) is 19.9. The van der Waals surface area contributed by atoms with E-state index in [1.54, 1.807) is 13.8 Å². The Morgan fingerprint density at radius 3 is 2.14 bits per heavy atom. The molecule has 14 heavy (non-hydrogen) atoms. The molecule has 1 saturated heterocycles. The number of ketones is 1. The number of alkyl halides is 3. The number of hydrazine groups is 1. The Bertz CT molecular complexity index is 233. The highest BCUT2D eigenvalue weighted by Crippen LogP contribution is 2.37. The first-order valence-corrected chi connectivity index (χ1v) is 4.42. The highest BCUT2D eigenvalue weighted by atomic mass is 19.4. The van der Waals surface area contributed by atoms with E-state index in [-0.39, 0.29) is 24.5 Å². The number of carbonyl (C=O) groups is 1. The van der Waals surface area contributed by atoms with Gasteiger partial charge < -0.3 is 0 Å². The number of Topliss-reactive ketones (excluding diaryl/α,β-unsaturated/α-hetero) is 1. The summed E-state index contributed by atoms with van der Waals surface area (Å²) in [5.41, 5.74) is 2.09. The van der Waals surface area contributed by atoms with Gasteiger partial charge in [-0.25, -0.2) is 10.9 Å². The van der Waals surface area contributed by atoms with Crippen molar-refractivity contribution in [1.29, 1.82) is 0 Å². The van der Waals surface area contributed by atoms with E-state index in [4.69, 9.17) is 0 Å². The molecular weight excluding hydrogens is 197 g/mol. The smallest absolute Gasteiger partial charge is 0.299 e. The minimum Gasteiger partial charge on any atom is -0.299 e. The van der Waals surface area contributed by atoms with Crippen LogP contribution in [-0.2, 0) is 4.79 Å². The summed E-state index contributed by atoms with van der Waals surface area (Å²) in [4.78, 5) is 11.1. The van der Waals surface area contributed by atoms with Crippen molar-refractivity contribution in [3.63, 3.8) is 0 Å². The van der Waals surface area contributed by atoms with Crippen molar-refractivity contribution >= 4 is 5.78 Å². The summed E-state index contributed by atoms with van der Waals surface area (Å²) < 4.78 is 36.9. The standard InChI is InChI=1S/C8H13F3N2O/c1-5(2)6(14)3-4-7(12-13-7)8(9,10)11/h5,12-13H,3-4H2,1-2H3. The number of rotatable bonds is 4. The maximum Gasteiger partial charge on any atom is 0.422 e. The maximum atomic E-state index is 12.3. The van der Waals surface area contributed by atoms with Crippen LogP contribution >= 0.6 is 0 Å². The lowest BCUT2D eigenvalue weighted by molar-refractivity contribution is -0.165. The molecule has 0 aliphatic carbocycles. The molecule has 0 atom stereocenters. The number of hydrogen-bond donors (Lipinski definition) is 2. The summed E-state index contributed by atoms with van der Waals surface area (Å²) in [7, 11) is 0. The Hall–Kier alpha value is -0.620. The third-order valence-electron chi connectivity index (χ3n) is 2.30. The molecule has 0 saturated carbocycles. The van der Waals surface area contributed by atoms with Crippen molar-refractivity contribution in [3.8, 4) is 0 Å². The molecule has 6 heteroatoms. The zero-order valence-corrected chi connectivity index (χ0v) is 8.03. The minimum absolute atomic E-state index is 0.0584. The predicted octanol–water partition coefficient (Wildman–Crippen LogP) is 1.36. The van der Waals surface area contributed by atoms with Gasteiger partial charge in [-0.2, -0.15) is 13.2 Å².